The zero-order chi connectivity index (χ0) is 21.8. The van der Waals surface area contributed by atoms with Gasteiger partial charge in [0, 0.05) is 23.1 Å². The average molecular weight is 420 g/mol. The molecule has 2 aliphatic heterocycles. The lowest BCUT2D eigenvalue weighted by molar-refractivity contribution is -0.172. The second kappa shape index (κ2) is 7.28. The zero-order valence-corrected chi connectivity index (χ0v) is 17.6. The highest BCUT2D eigenvalue weighted by Crippen LogP contribution is 2.43. The lowest BCUT2D eigenvalue weighted by atomic mass is 9.86. The zero-order valence-electron chi connectivity index (χ0n) is 17.6. The van der Waals surface area contributed by atoms with Crippen molar-refractivity contribution in [1.82, 2.24) is 9.55 Å². The van der Waals surface area contributed by atoms with E-state index in [-0.39, 0.29) is 24.2 Å². The van der Waals surface area contributed by atoms with Crippen molar-refractivity contribution in [2.24, 2.45) is 0 Å². The fraction of sp³-hybridized carbons (Fsp3) is 0.375. The van der Waals surface area contributed by atoms with Crippen LogP contribution in [-0.4, -0.2) is 27.2 Å². The molecule has 2 atom stereocenters. The van der Waals surface area contributed by atoms with Gasteiger partial charge < -0.3 is 14.6 Å². The Hall–Kier alpha value is -3.03. The molecule has 0 spiro atoms. The highest BCUT2D eigenvalue weighted by Gasteiger charge is 2.46. The van der Waals surface area contributed by atoms with E-state index < -0.39 is 17.8 Å². The van der Waals surface area contributed by atoms with Gasteiger partial charge in [0.2, 0.25) is 0 Å². The van der Waals surface area contributed by atoms with Crippen LogP contribution in [0.2, 0.25) is 0 Å². The Labute approximate surface area is 179 Å². The maximum Gasteiger partial charge on any atom is 0.343 e. The second-order valence-electron chi connectivity index (χ2n) is 8.08. The van der Waals surface area contributed by atoms with Crippen LogP contribution in [0.15, 0.2) is 41.2 Å². The van der Waals surface area contributed by atoms with E-state index in [0.29, 0.717) is 23.6 Å². The van der Waals surface area contributed by atoms with Gasteiger partial charge in [-0.05, 0) is 31.0 Å². The summed E-state index contributed by atoms with van der Waals surface area (Å²) in [5.41, 5.74) is 1.21. The molecule has 160 valence electrons. The Kier molecular flexibility index (Phi) is 4.68. The summed E-state index contributed by atoms with van der Waals surface area (Å²) in [4.78, 5) is 30.8. The Morgan fingerprint density at radius 1 is 1.26 bits per heavy atom. The fourth-order valence-electron chi connectivity index (χ4n) is 4.46. The average Bonchev–Trinajstić information content (AvgIpc) is 3.08. The molecule has 0 saturated heterocycles. The number of carbonyl (C=O) groups is 1. The minimum atomic E-state index is -1.85. The van der Waals surface area contributed by atoms with Crippen molar-refractivity contribution in [3.8, 4) is 11.4 Å². The van der Waals surface area contributed by atoms with Gasteiger partial charge in [-0.2, -0.15) is 0 Å². The lowest BCUT2D eigenvalue weighted by Gasteiger charge is -2.32. The van der Waals surface area contributed by atoms with E-state index >= 15 is 0 Å². The highest BCUT2D eigenvalue weighted by atomic mass is 16.6. The Morgan fingerprint density at radius 3 is 2.84 bits per heavy atom. The van der Waals surface area contributed by atoms with E-state index in [9.17, 15) is 14.7 Å². The molecule has 4 heterocycles. The molecule has 1 unspecified atom stereocenters. The first-order valence-corrected chi connectivity index (χ1v) is 10.7. The molecular weight excluding hydrogens is 396 g/mol. The smallest absolute Gasteiger partial charge is 0.343 e. The molecule has 0 fully saturated rings. The van der Waals surface area contributed by atoms with E-state index in [1.165, 1.54) is 0 Å². The number of ether oxygens (including phenoxy) is 2. The number of nitrogens with zero attached hydrogens (tertiary/aromatic N) is 2. The van der Waals surface area contributed by atoms with Gasteiger partial charge >= 0.3 is 5.97 Å². The number of unbranched alkanes of at least 4 members (excludes halogenated alkanes) is 1. The number of aromatic nitrogens is 2. The number of para-hydroxylation sites is 1. The predicted octanol–water partition coefficient (Wildman–Crippen LogP) is 3.39. The summed E-state index contributed by atoms with van der Waals surface area (Å²) < 4.78 is 12.9. The molecule has 31 heavy (non-hydrogen) atoms. The van der Waals surface area contributed by atoms with Crippen LogP contribution in [0.4, 0.5) is 0 Å². The van der Waals surface area contributed by atoms with Crippen molar-refractivity contribution in [1.29, 1.82) is 0 Å². The van der Waals surface area contributed by atoms with Crippen LogP contribution in [-0.2, 0) is 26.5 Å². The van der Waals surface area contributed by atoms with E-state index in [4.69, 9.17) is 14.5 Å². The molecule has 0 saturated carbocycles. The molecule has 2 aliphatic rings. The molecule has 5 rings (SSSR count). The number of carbonyl (C=O) groups excluding carboxylic acids is 1. The minimum absolute atomic E-state index is 0.107. The lowest BCUT2D eigenvalue weighted by Crippen LogP contribution is -2.44. The molecule has 1 aromatic carbocycles. The first-order valence-electron chi connectivity index (χ1n) is 10.7. The Balaban J connectivity index is 1.78. The van der Waals surface area contributed by atoms with Crippen LogP contribution in [0.5, 0.6) is 0 Å². The third-order valence-electron chi connectivity index (χ3n) is 6.26. The van der Waals surface area contributed by atoms with Crippen LogP contribution in [0.25, 0.3) is 22.3 Å². The van der Waals surface area contributed by atoms with Gasteiger partial charge in [-0.1, -0.05) is 38.5 Å². The summed E-state index contributed by atoms with van der Waals surface area (Å²) in [7, 11) is 0. The number of fused-ring (bicyclic) bond motifs is 5. The molecule has 2 aromatic heterocycles. The van der Waals surface area contributed by atoms with Gasteiger partial charge in [0.15, 0.2) is 11.8 Å². The summed E-state index contributed by atoms with van der Waals surface area (Å²) >= 11 is 0. The molecular formula is C24H24N2O5. The van der Waals surface area contributed by atoms with Crippen molar-refractivity contribution in [2.45, 2.75) is 51.5 Å². The largest absolute Gasteiger partial charge is 0.458 e. The second-order valence-corrected chi connectivity index (χ2v) is 8.08. The Bertz CT molecular complexity index is 1260. The van der Waals surface area contributed by atoms with Gasteiger partial charge in [-0.15, -0.1) is 0 Å². The summed E-state index contributed by atoms with van der Waals surface area (Å²) in [6, 6.07) is 11.5. The van der Waals surface area contributed by atoms with E-state index in [1.54, 1.807) is 17.6 Å². The molecule has 0 radical (unpaired) electrons. The third-order valence-corrected chi connectivity index (χ3v) is 6.26. The third kappa shape index (κ3) is 2.84. The number of rotatable bonds is 5. The van der Waals surface area contributed by atoms with Crippen LogP contribution >= 0.6 is 0 Å². The summed E-state index contributed by atoms with van der Waals surface area (Å²) in [6.07, 6.45) is 1.34. The number of cyclic esters (lactones) is 1. The van der Waals surface area contributed by atoms with Crippen molar-refractivity contribution in [2.75, 3.05) is 6.61 Å². The number of hydrogen-bond donors (Lipinski definition) is 1. The summed E-state index contributed by atoms with van der Waals surface area (Å²) in [5.74, 6) is -0.729. The first kappa shape index (κ1) is 19.9. The molecule has 1 N–H and O–H groups in total. The summed E-state index contributed by atoms with van der Waals surface area (Å²) in [5, 5.41) is 12.0. The SMILES string of the molecule is CCCCOC1c2cc3ccccc3nc2-c2cc3c(c(=O)n21)COC(=O)[C@]3(O)CC. The first-order chi connectivity index (χ1) is 15.0. The van der Waals surface area contributed by atoms with Crippen molar-refractivity contribution < 1.29 is 19.4 Å². The van der Waals surface area contributed by atoms with Crippen LogP contribution in [0.1, 0.15) is 56.0 Å². The number of aliphatic hydroxyl groups is 1. The number of hydrogen-bond acceptors (Lipinski definition) is 6. The van der Waals surface area contributed by atoms with Gasteiger partial charge in [0.05, 0.1) is 22.5 Å². The highest BCUT2D eigenvalue weighted by molar-refractivity contribution is 5.86. The van der Waals surface area contributed by atoms with Crippen molar-refractivity contribution >= 4 is 16.9 Å². The molecule has 3 aromatic rings. The van der Waals surface area contributed by atoms with Gasteiger partial charge in [0.1, 0.15) is 6.61 Å². The normalized spacial score (nSPS) is 21.5. The maximum atomic E-state index is 13.6. The van der Waals surface area contributed by atoms with Crippen LogP contribution in [0, 0.1) is 0 Å². The number of benzene rings is 1. The molecule has 0 bridgehead atoms. The monoisotopic (exact) mass is 420 g/mol. The van der Waals surface area contributed by atoms with Gasteiger partial charge in [-0.3, -0.25) is 9.36 Å². The maximum absolute atomic E-state index is 13.6. The molecule has 7 heteroatoms. The van der Waals surface area contributed by atoms with E-state index in [1.807, 2.05) is 30.3 Å². The van der Waals surface area contributed by atoms with Gasteiger partial charge in [0.25, 0.3) is 5.56 Å². The van der Waals surface area contributed by atoms with Gasteiger partial charge in [-0.25, -0.2) is 9.78 Å². The molecule has 0 aliphatic carbocycles. The van der Waals surface area contributed by atoms with E-state index in [2.05, 4.69) is 6.92 Å². The number of esters is 1. The van der Waals surface area contributed by atoms with Crippen LogP contribution < -0.4 is 5.56 Å². The van der Waals surface area contributed by atoms with E-state index in [0.717, 1.165) is 29.3 Å². The van der Waals surface area contributed by atoms with Crippen molar-refractivity contribution in [3.05, 3.63) is 63.4 Å². The number of pyridine rings is 2. The predicted molar refractivity (Wildman–Crippen MR) is 114 cm³/mol. The summed E-state index contributed by atoms with van der Waals surface area (Å²) in [6.45, 7) is 4.11. The quantitative estimate of drug-likeness (QED) is 0.503. The minimum Gasteiger partial charge on any atom is -0.458 e. The van der Waals surface area contributed by atoms with Crippen LogP contribution in [0.3, 0.4) is 0 Å². The fourth-order valence-corrected chi connectivity index (χ4v) is 4.46. The van der Waals surface area contributed by atoms with Crippen molar-refractivity contribution in [3.63, 3.8) is 0 Å². The standard InChI is InChI=1S/C24H24N2O5/c1-3-5-10-30-22-15-11-14-8-6-7-9-18(14)25-20(15)19-12-17-16(21(27)26(19)22)13-31-23(28)24(17,29)4-2/h6-9,11-12,22,29H,3-5,10,13H2,1-2H3/t22?,24-/m0/s1. The molecule has 0 amide bonds. The molecule has 7 nitrogen and oxygen atoms in total. The Morgan fingerprint density at radius 2 is 2.06 bits per heavy atom. The topological polar surface area (TPSA) is 90.6 Å².